The number of carbonyl (C=O) groups is 1. The molecule has 0 saturated carbocycles. The lowest BCUT2D eigenvalue weighted by Crippen LogP contribution is -2.28. The van der Waals surface area contributed by atoms with E-state index in [1.807, 2.05) is 41.9 Å². The minimum Gasteiger partial charge on any atom is -0.301 e. The average molecular weight is 445 g/mol. The van der Waals surface area contributed by atoms with Gasteiger partial charge in [-0.2, -0.15) is 5.10 Å². The van der Waals surface area contributed by atoms with E-state index in [2.05, 4.69) is 15.1 Å². The van der Waals surface area contributed by atoms with Crippen LogP contribution >= 0.6 is 34.4 Å². The second-order valence-corrected chi connectivity index (χ2v) is 9.47. The monoisotopic (exact) mass is 444 g/mol. The number of carbonyl (C=O) groups excluding carboxylic acids is 1. The number of H-pyrrole nitrogens is 1. The summed E-state index contributed by atoms with van der Waals surface area (Å²) in [5, 5.41) is 10.8. The largest absolute Gasteiger partial charge is 0.301 e. The van der Waals surface area contributed by atoms with Crippen molar-refractivity contribution in [1.29, 1.82) is 0 Å². The Morgan fingerprint density at radius 2 is 2.14 bits per heavy atom. The number of aryl methyl sites for hydroxylation is 1. The van der Waals surface area contributed by atoms with E-state index < -0.39 is 0 Å². The predicted octanol–water partition coefficient (Wildman–Crippen LogP) is 4.32. The molecule has 29 heavy (non-hydrogen) atoms. The minimum absolute atomic E-state index is 0.0846. The van der Waals surface area contributed by atoms with Gasteiger partial charge in [-0.15, -0.1) is 22.7 Å². The fraction of sp³-hybridized carbons (Fsp3) is 0.300. The highest BCUT2D eigenvalue weighted by Crippen LogP contribution is 2.36. The van der Waals surface area contributed by atoms with Crippen LogP contribution in [0, 0.1) is 0 Å². The Morgan fingerprint density at radius 1 is 1.31 bits per heavy atom. The van der Waals surface area contributed by atoms with Crippen LogP contribution in [0.5, 0.6) is 0 Å². The molecular weight excluding hydrogens is 424 g/mol. The van der Waals surface area contributed by atoms with E-state index in [4.69, 9.17) is 0 Å². The molecule has 1 N–H and O–H groups in total. The fourth-order valence-corrected chi connectivity index (χ4v) is 5.45. The summed E-state index contributed by atoms with van der Waals surface area (Å²) in [6.45, 7) is 2.04. The smallest absolute Gasteiger partial charge is 0.253 e. The molecule has 9 heteroatoms. The van der Waals surface area contributed by atoms with Crippen LogP contribution in [0.25, 0.3) is 0 Å². The number of thioether (sulfide) groups is 1. The maximum atomic E-state index is 13.0. The van der Waals surface area contributed by atoms with Crippen molar-refractivity contribution in [3.63, 3.8) is 0 Å². The van der Waals surface area contributed by atoms with Crippen LogP contribution < -0.4 is 5.56 Å². The molecule has 0 aromatic carbocycles. The van der Waals surface area contributed by atoms with Crippen molar-refractivity contribution in [2.24, 2.45) is 5.10 Å². The Morgan fingerprint density at radius 3 is 2.86 bits per heavy atom. The molecule has 0 radical (unpaired) electrons. The normalized spacial score (nSPS) is 16.2. The third kappa shape index (κ3) is 4.68. The molecule has 6 nitrogen and oxygen atoms in total. The van der Waals surface area contributed by atoms with Gasteiger partial charge in [0, 0.05) is 23.1 Å². The Balaban J connectivity index is 1.52. The number of hydrazone groups is 1. The Bertz CT molecular complexity index is 1060. The molecular formula is C20H20N4O2S3. The topological polar surface area (TPSA) is 78.4 Å². The van der Waals surface area contributed by atoms with Crippen molar-refractivity contribution in [1.82, 2.24) is 15.0 Å². The first-order valence-electron chi connectivity index (χ1n) is 9.34. The van der Waals surface area contributed by atoms with Gasteiger partial charge in [0.1, 0.15) is 0 Å². The number of aromatic nitrogens is 2. The molecule has 0 fully saturated rings. The molecule has 0 spiro atoms. The summed E-state index contributed by atoms with van der Waals surface area (Å²) >= 11 is 4.51. The van der Waals surface area contributed by atoms with Crippen molar-refractivity contribution in [2.45, 2.75) is 37.4 Å². The highest BCUT2D eigenvalue weighted by Gasteiger charge is 2.34. The van der Waals surface area contributed by atoms with Crippen LogP contribution in [-0.2, 0) is 11.2 Å². The Labute approximate surface area is 180 Å². The summed E-state index contributed by atoms with van der Waals surface area (Å²) in [5.74, 6) is 0.0743. The molecule has 4 rings (SSSR count). The first-order chi connectivity index (χ1) is 14.1. The van der Waals surface area contributed by atoms with E-state index in [1.165, 1.54) is 17.8 Å². The van der Waals surface area contributed by atoms with Crippen LogP contribution in [-0.4, -0.2) is 32.3 Å². The van der Waals surface area contributed by atoms with Gasteiger partial charge in [-0.05, 0) is 29.3 Å². The van der Waals surface area contributed by atoms with Gasteiger partial charge < -0.3 is 4.98 Å². The number of nitrogens with one attached hydrogen (secondary N) is 1. The number of hydrogen-bond acceptors (Lipinski definition) is 7. The molecule has 0 saturated heterocycles. The minimum atomic E-state index is -0.186. The van der Waals surface area contributed by atoms with E-state index in [0.717, 1.165) is 34.0 Å². The van der Waals surface area contributed by atoms with Gasteiger partial charge in [0.25, 0.3) is 11.5 Å². The van der Waals surface area contributed by atoms with Gasteiger partial charge in [0.2, 0.25) is 0 Å². The van der Waals surface area contributed by atoms with Crippen LogP contribution in [0.4, 0.5) is 0 Å². The zero-order chi connectivity index (χ0) is 20.2. The number of thiophene rings is 2. The third-order valence-corrected chi connectivity index (χ3v) is 7.21. The number of amides is 1. The Kier molecular flexibility index (Phi) is 6.27. The van der Waals surface area contributed by atoms with Gasteiger partial charge in [-0.1, -0.05) is 37.2 Å². The van der Waals surface area contributed by atoms with Crippen molar-refractivity contribution in [2.75, 3.05) is 5.75 Å². The number of hydrogen-bond donors (Lipinski definition) is 1. The number of nitrogens with zero attached hydrogens (tertiary/aromatic N) is 3. The summed E-state index contributed by atoms with van der Waals surface area (Å²) in [7, 11) is 0. The van der Waals surface area contributed by atoms with E-state index in [9.17, 15) is 9.59 Å². The lowest BCUT2D eigenvalue weighted by molar-refractivity contribution is -0.130. The second-order valence-electron chi connectivity index (χ2n) is 6.58. The summed E-state index contributed by atoms with van der Waals surface area (Å²) < 4.78 is 0. The Hall–Kier alpha value is -2.23. The van der Waals surface area contributed by atoms with Gasteiger partial charge in [-0.25, -0.2) is 9.99 Å². The highest BCUT2D eigenvalue weighted by atomic mass is 32.2. The average Bonchev–Trinajstić information content (AvgIpc) is 3.46. The van der Waals surface area contributed by atoms with E-state index in [-0.39, 0.29) is 23.3 Å². The van der Waals surface area contributed by atoms with E-state index in [1.54, 1.807) is 27.7 Å². The summed E-state index contributed by atoms with van der Waals surface area (Å²) in [5.41, 5.74) is 1.50. The van der Waals surface area contributed by atoms with Crippen molar-refractivity contribution < 1.29 is 4.79 Å². The van der Waals surface area contributed by atoms with E-state index >= 15 is 0 Å². The van der Waals surface area contributed by atoms with Crippen molar-refractivity contribution >= 4 is 46.1 Å². The molecule has 1 aliphatic rings. The zero-order valence-corrected chi connectivity index (χ0v) is 18.3. The van der Waals surface area contributed by atoms with Crippen LogP contribution in [0.1, 0.15) is 41.3 Å². The molecule has 1 aliphatic heterocycles. The quantitative estimate of drug-likeness (QED) is 0.435. The van der Waals surface area contributed by atoms with Crippen LogP contribution in [0.15, 0.2) is 56.1 Å². The van der Waals surface area contributed by atoms with E-state index in [0.29, 0.717) is 11.6 Å². The van der Waals surface area contributed by atoms with Gasteiger partial charge in [0.15, 0.2) is 5.16 Å². The SMILES string of the molecule is CCCc1cc(=O)[nH]c(SCC(=O)N2N=C(c3cccs3)CC2c2cccs2)n1. The highest BCUT2D eigenvalue weighted by molar-refractivity contribution is 7.99. The lowest BCUT2D eigenvalue weighted by Gasteiger charge is -2.20. The maximum Gasteiger partial charge on any atom is 0.253 e. The van der Waals surface area contributed by atoms with Crippen molar-refractivity contribution in [3.05, 3.63) is 66.9 Å². The first-order valence-corrected chi connectivity index (χ1v) is 12.1. The molecule has 3 aromatic rings. The molecule has 0 bridgehead atoms. The fourth-order valence-electron chi connectivity index (χ4n) is 3.17. The standard InChI is InChI=1S/C20H20N4O2S3/c1-2-5-13-10-18(25)22-20(21-13)29-12-19(26)24-15(17-7-4-9-28-17)11-14(23-24)16-6-3-8-27-16/h3-4,6-10,15H,2,5,11-12H2,1H3,(H,21,22,25). The third-order valence-electron chi connectivity index (χ3n) is 4.45. The van der Waals surface area contributed by atoms with Gasteiger partial charge >= 0.3 is 0 Å². The molecule has 3 aromatic heterocycles. The van der Waals surface area contributed by atoms with Gasteiger partial charge in [0.05, 0.1) is 22.4 Å². The molecule has 0 aliphatic carbocycles. The van der Waals surface area contributed by atoms with Gasteiger partial charge in [-0.3, -0.25) is 9.59 Å². The van der Waals surface area contributed by atoms with Crippen LogP contribution in [0.3, 0.4) is 0 Å². The molecule has 1 unspecified atom stereocenters. The predicted molar refractivity (Wildman–Crippen MR) is 119 cm³/mol. The summed E-state index contributed by atoms with van der Waals surface area (Å²) in [6, 6.07) is 9.50. The summed E-state index contributed by atoms with van der Waals surface area (Å²) in [4.78, 5) is 34.2. The van der Waals surface area contributed by atoms with Crippen molar-refractivity contribution in [3.8, 4) is 0 Å². The van der Waals surface area contributed by atoms with Crippen LogP contribution in [0.2, 0.25) is 0 Å². The molecule has 4 heterocycles. The molecule has 1 atom stereocenters. The lowest BCUT2D eigenvalue weighted by atomic mass is 10.1. The number of rotatable bonds is 7. The molecule has 150 valence electrons. The zero-order valence-electron chi connectivity index (χ0n) is 15.8. The first kappa shape index (κ1) is 20.1. The maximum absolute atomic E-state index is 13.0. The number of aromatic amines is 1. The second kappa shape index (κ2) is 9.06. The molecule has 1 amide bonds. The summed E-state index contributed by atoms with van der Waals surface area (Å²) in [6.07, 6.45) is 2.36.